The Morgan fingerprint density at radius 2 is 1.79 bits per heavy atom. The van der Waals surface area contributed by atoms with Gasteiger partial charge in [0.15, 0.2) is 0 Å². The summed E-state index contributed by atoms with van der Waals surface area (Å²) in [6.45, 7) is 3.61. The monoisotopic (exact) mass is 392 g/mol. The highest BCUT2D eigenvalue weighted by Crippen LogP contribution is 2.10. The first-order valence-electron chi connectivity index (χ1n) is 7.15. The maximum Gasteiger partial charge on any atom is 0.286 e. The molecule has 0 aliphatic carbocycles. The van der Waals surface area contributed by atoms with Crippen LogP contribution in [-0.2, 0) is 4.79 Å². The zero-order valence-corrected chi connectivity index (χ0v) is 14.8. The van der Waals surface area contributed by atoms with Crippen LogP contribution in [0.1, 0.15) is 32.0 Å². The van der Waals surface area contributed by atoms with Crippen molar-refractivity contribution in [1.29, 1.82) is 0 Å². The van der Waals surface area contributed by atoms with Gasteiger partial charge >= 0.3 is 0 Å². The predicted octanol–water partition coefficient (Wildman–Crippen LogP) is 1.59. The van der Waals surface area contributed by atoms with Gasteiger partial charge in [-0.2, -0.15) is 0 Å². The number of aromatic amines is 1. The van der Waals surface area contributed by atoms with E-state index in [-0.39, 0.29) is 12.5 Å². The van der Waals surface area contributed by atoms with Crippen LogP contribution in [0, 0.1) is 13.8 Å². The van der Waals surface area contributed by atoms with Gasteiger partial charge in [-0.05, 0) is 59.1 Å². The molecule has 0 aliphatic rings. The average molecular weight is 393 g/mol. The molecule has 0 spiro atoms. The van der Waals surface area contributed by atoms with E-state index in [1.54, 1.807) is 24.4 Å². The van der Waals surface area contributed by atoms with Crippen molar-refractivity contribution in [1.82, 2.24) is 21.2 Å². The molecule has 4 N–H and O–H groups in total. The Labute approximate surface area is 147 Å². The number of H-pyrrole nitrogens is 1. The first-order valence-corrected chi connectivity index (χ1v) is 7.94. The number of rotatable bonds is 4. The van der Waals surface area contributed by atoms with Crippen molar-refractivity contribution in [3.8, 4) is 0 Å². The van der Waals surface area contributed by atoms with Gasteiger partial charge in [0, 0.05) is 16.2 Å². The van der Waals surface area contributed by atoms with Crippen LogP contribution in [0.2, 0.25) is 0 Å². The Kier molecular flexibility index (Phi) is 5.75. The molecule has 8 heteroatoms. The lowest BCUT2D eigenvalue weighted by Gasteiger charge is -2.08. The normalized spacial score (nSPS) is 10.1. The molecule has 3 amide bonds. The van der Waals surface area contributed by atoms with Crippen LogP contribution in [0.4, 0.5) is 0 Å². The van der Waals surface area contributed by atoms with Crippen LogP contribution in [0.3, 0.4) is 0 Å². The molecule has 0 saturated carbocycles. The molecule has 0 fully saturated rings. The molecule has 1 heterocycles. The maximum atomic E-state index is 12.0. The molecule has 126 valence electrons. The van der Waals surface area contributed by atoms with E-state index in [0.717, 1.165) is 15.6 Å². The number of hydrogen-bond acceptors (Lipinski definition) is 3. The fourth-order valence-corrected chi connectivity index (χ4v) is 2.23. The largest absolute Gasteiger partial charge is 0.356 e. The number of amides is 3. The lowest BCUT2D eigenvalue weighted by atomic mass is 10.1. The summed E-state index contributed by atoms with van der Waals surface area (Å²) in [5.41, 5.74) is 7.33. The Hall–Kier alpha value is -2.61. The minimum absolute atomic E-state index is 0.250. The van der Waals surface area contributed by atoms with Crippen LogP contribution in [0.25, 0.3) is 0 Å². The highest BCUT2D eigenvalue weighted by Gasteiger charge is 2.11. The number of halogens is 1. The van der Waals surface area contributed by atoms with Gasteiger partial charge in [-0.3, -0.25) is 25.2 Å². The Balaban J connectivity index is 1.79. The number of aromatic nitrogens is 1. The van der Waals surface area contributed by atoms with Crippen molar-refractivity contribution >= 4 is 33.7 Å². The number of benzene rings is 1. The highest BCUT2D eigenvalue weighted by molar-refractivity contribution is 9.10. The zero-order valence-electron chi connectivity index (χ0n) is 13.2. The van der Waals surface area contributed by atoms with Gasteiger partial charge in [0.2, 0.25) is 0 Å². The Morgan fingerprint density at radius 1 is 1.04 bits per heavy atom. The highest BCUT2D eigenvalue weighted by atomic mass is 79.9. The van der Waals surface area contributed by atoms with Crippen molar-refractivity contribution in [3.05, 3.63) is 57.3 Å². The van der Waals surface area contributed by atoms with E-state index in [0.29, 0.717) is 11.3 Å². The number of hydrogen-bond donors (Lipinski definition) is 4. The van der Waals surface area contributed by atoms with E-state index < -0.39 is 11.8 Å². The van der Waals surface area contributed by atoms with Crippen molar-refractivity contribution in [2.45, 2.75) is 13.8 Å². The van der Waals surface area contributed by atoms with E-state index in [1.807, 2.05) is 19.9 Å². The third-order valence-electron chi connectivity index (χ3n) is 3.39. The van der Waals surface area contributed by atoms with Crippen molar-refractivity contribution < 1.29 is 14.4 Å². The van der Waals surface area contributed by atoms with Crippen LogP contribution in [0.5, 0.6) is 0 Å². The molecule has 0 aliphatic heterocycles. The molecule has 1 aromatic carbocycles. The van der Waals surface area contributed by atoms with E-state index >= 15 is 0 Å². The fourth-order valence-electron chi connectivity index (χ4n) is 1.88. The van der Waals surface area contributed by atoms with Gasteiger partial charge < -0.3 is 10.3 Å². The molecule has 24 heavy (non-hydrogen) atoms. The average Bonchev–Trinajstić information content (AvgIpc) is 2.99. The second-order valence-electron chi connectivity index (χ2n) is 5.22. The lowest BCUT2D eigenvalue weighted by molar-refractivity contribution is -0.120. The van der Waals surface area contributed by atoms with E-state index in [4.69, 9.17) is 0 Å². The van der Waals surface area contributed by atoms with Crippen molar-refractivity contribution in [2.75, 3.05) is 6.54 Å². The van der Waals surface area contributed by atoms with Crippen LogP contribution < -0.4 is 16.2 Å². The fraction of sp³-hybridized carbons (Fsp3) is 0.188. The summed E-state index contributed by atoms with van der Waals surface area (Å²) in [4.78, 5) is 38.1. The summed E-state index contributed by atoms with van der Waals surface area (Å²) in [6.07, 6.45) is 1.60. The number of aryl methyl sites for hydroxylation is 2. The smallest absolute Gasteiger partial charge is 0.286 e. The third kappa shape index (κ3) is 4.69. The molecular formula is C16H17BrN4O3. The first-order chi connectivity index (χ1) is 11.4. The van der Waals surface area contributed by atoms with Gasteiger partial charge in [0.05, 0.1) is 6.54 Å². The van der Waals surface area contributed by atoms with Gasteiger partial charge in [0.25, 0.3) is 17.7 Å². The first kappa shape index (κ1) is 17.7. The SMILES string of the molecule is Cc1ccc(C(=O)NCC(=O)NNC(=O)c2cc(Br)c[nH]2)cc1C. The van der Waals surface area contributed by atoms with Gasteiger partial charge in [-0.1, -0.05) is 6.07 Å². The van der Waals surface area contributed by atoms with Crippen LogP contribution in [-0.4, -0.2) is 29.3 Å². The van der Waals surface area contributed by atoms with E-state index in [1.165, 1.54) is 0 Å². The molecule has 0 unspecified atom stereocenters. The number of hydrazine groups is 1. The molecule has 0 radical (unpaired) electrons. The topological polar surface area (TPSA) is 103 Å². The third-order valence-corrected chi connectivity index (χ3v) is 3.84. The standard InChI is InChI=1S/C16H17BrN4O3/c1-9-3-4-11(5-10(9)2)15(23)19-8-14(22)20-21-16(24)13-6-12(17)7-18-13/h3-7,18H,8H2,1-2H3,(H,19,23)(H,20,22)(H,21,24). The summed E-state index contributed by atoms with van der Waals surface area (Å²) in [7, 11) is 0. The summed E-state index contributed by atoms with van der Waals surface area (Å²) in [5.74, 6) is -1.38. The van der Waals surface area contributed by atoms with Gasteiger partial charge in [-0.15, -0.1) is 0 Å². The summed E-state index contributed by atoms with van der Waals surface area (Å²) in [5, 5.41) is 2.50. The lowest BCUT2D eigenvalue weighted by Crippen LogP contribution is -2.46. The predicted molar refractivity (Wildman–Crippen MR) is 92.4 cm³/mol. The number of carbonyl (C=O) groups excluding carboxylic acids is 3. The quantitative estimate of drug-likeness (QED) is 0.593. The van der Waals surface area contributed by atoms with Crippen molar-refractivity contribution in [3.63, 3.8) is 0 Å². The summed E-state index contributed by atoms with van der Waals surface area (Å²) in [6, 6.07) is 6.87. The molecule has 2 aromatic rings. The van der Waals surface area contributed by atoms with Crippen molar-refractivity contribution in [2.24, 2.45) is 0 Å². The van der Waals surface area contributed by atoms with E-state index in [9.17, 15) is 14.4 Å². The molecule has 1 aromatic heterocycles. The van der Waals surface area contributed by atoms with Gasteiger partial charge in [-0.25, -0.2) is 0 Å². The molecule has 0 saturated heterocycles. The summed E-state index contributed by atoms with van der Waals surface area (Å²) >= 11 is 3.21. The minimum atomic E-state index is -0.536. The molecule has 2 rings (SSSR count). The minimum Gasteiger partial charge on any atom is -0.356 e. The number of nitrogens with one attached hydrogen (secondary N) is 4. The van der Waals surface area contributed by atoms with Crippen LogP contribution >= 0.6 is 15.9 Å². The molecule has 0 atom stereocenters. The molecule has 0 bridgehead atoms. The Morgan fingerprint density at radius 3 is 2.42 bits per heavy atom. The number of carbonyl (C=O) groups is 3. The zero-order chi connectivity index (χ0) is 17.7. The Bertz CT molecular complexity index is 785. The van der Waals surface area contributed by atoms with E-state index in [2.05, 4.69) is 37.1 Å². The maximum absolute atomic E-state index is 12.0. The second kappa shape index (κ2) is 7.78. The molecule has 7 nitrogen and oxygen atoms in total. The van der Waals surface area contributed by atoms with Gasteiger partial charge in [0.1, 0.15) is 5.69 Å². The summed E-state index contributed by atoms with van der Waals surface area (Å²) < 4.78 is 0.722. The molecular weight excluding hydrogens is 376 g/mol. The van der Waals surface area contributed by atoms with Crippen LogP contribution in [0.15, 0.2) is 34.9 Å². The second-order valence-corrected chi connectivity index (χ2v) is 6.13.